The summed E-state index contributed by atoms with van der Waals surface area (Å²) in [6.45, 7) is 10.9. The van der Waals surface area contributed by atoms with Gasteiger partial charge in [0.2, 0.25) is 5.69 Å². The molecule has 152 valence electrons. The number of benzene rings is 2. The predicted octanol–water partition coefficient (Wildman–Crippen LogP) is 3.68. The molecule has 8 heteroatoms. The van der Waals surface area contributed by atoms with E-state index in [1.165, 1.54) is 22.9 Å². The van der Waals surface area contributed by atoms with Gasteiger partial charge in [-0.25, -0.2) is 18.7 Å². The van der Waals surface area contributed by atoms with Crippen molar-refractivity contribution in [1.82, 2.24) is 14.7 Å². The number of anilines is 1. The number of hydrogen-bond donors (Lipinski definition) is 1. The lowest BCUT2D eigenvalue weighted by Crippen LogP contribution is -2.44. The number of carbonyl (C=O) groups is 1. The van der Waals surface area contributed by atoms with E-state index in [4.69, 9.17) is 6.57 Å². The Hall–Kier alpha value is -3.70. The van der Waals surface area contributed by atoms with Crippen molar-refractivity contribution in [2.24, 2.45) is 0 Å². The summed E-state index contributed by atoms with van der Waals surface area (Å²) >= 11 is 0. The molecule has 30 heavy (non-hydrogen) atoms. The van der Waals surface area contributed by atoms with E-state index in [2.05, 4.69) is 26.8 Å². The molecular weight excluding hydrogens is 385 g/mol. The molecule has 0 amide bonds. The van der Waals surface area contributed by atoms with Gasteiger partial charge in [-0.15, -0.1) is 0 Å². The number of hydrogen-bond acceptors (Lipinski definition) is 4. The summed E-state index contributed by atoms with van der Waals surface area (Å²) < 4.78 is 15.6. The molecule has 0 atom stereocenters. The van der Waals surface area contributed by atoms with Crippen molar-refractivity contribution in [1.29, 1.82) is 0 Å². The third kappa shape index (κ3) is 3.75. The summed E-state index contributed by atoms with van der Waals surface area (Å²) in [5.41, 5.74) is 2.43. The maximum atomic E-state index is 14.2. The van der Waals surface area contributed by atoms with Crippen LogP contribution < -0.4 is 4.90 Å². The Morgan fingerprint density at radius 1 is 1.07 bits per heavy atom. The fourth-order valence-corrected chi connectivity index (χ4v) is 3.51. The van der Waals surface area contributed by atoms with Crippen LogP contribution in [0.3, 0.4) is 0 Å². The monoisotopic (exact) mass is 405 g/mol. The zero-order valence-corrected chi connectivity index (χ0v) is 16.4. The van der Waals surface area contributed by atoms with E-state index >= 15 is 0 Å². The molecule has 7 nitrogen and oxygen atoms in total. The lowest BCUT2D eigenvalue weighted by molar-refractivity contribution is 0.0690. The van der Waals surface area contributed by atoms with Crippen molar-refractivity contribution >= 4 is 17.3 Å². The van der Waals surface area contributed by atoms with Crippen molar-refractivity contribution in [3.8, 4) is 16.9 Å². The molecule has 1 aliphatic heterocycles. The van der Waals surface area contributed by atoms with Crippen molar-refractivity contribution in [3.05, 3.63) is 71.5 Å². The molecule has 3 aromatic rings. The maximum Gasteiger partial charge on any atom is 0.356 e. The second kappa shape index (κ2) is 7.97. The Morgan fingerprint density at radius 2 is 1.73 bits per heavy atom. The lowest BCUT2D eigenvalue weighted by Gasteiger charge is -2.34. The van der Waals surface area contributed by atoms with Gasteiger partial charge in [0.25, 0.3) is 0 Å². The molecule has 4 rings (SSSR count). The topological polar surface area (TPSA) is 66.0 Å². The number of halogens is 1. The average molecular weight is 405 g/mol. The number of piperazine rings is 1. The van der Waals surface area contributed by atoms with Crippen molar-refractivity contribution in [3.63, 3.8) is 0 Å². The largest absolute Gasteiger partial charge is 0.476 e. The minimum Gasteiger partial charge on any atom is -0.476 e. The predicted molar refractivity (Wildman–Crippen MR) is 112 cm³/mol. The van der Waals surface area contributed by atoms with Gasteiger partial charge in [-0.2, -0.15) is 5.10 Å². The minimum atomic E-state index is -1.16. The molecule has 1 aromatic heterocycles. The zero-order valence-electron chi connectivity index (χ0n) is 16.4. The Morgan fingerprint density at radius 3 is 2.33 bits per heavy atom. The van der Waals surface area contributed by atoms with E-state index in [1.54, 1.807) is 6.07 Å². The van der Waals surface area contributed by atoms with Gasteiger partial charge in [-0.3, -0.25) is 0 Å². The summed E-state index contributed by atoms with van der Waals surface area (Å²) in [5, 5.41) is 13.6. The second-order valence-electron chi connectivity index (χ2n) is 7.22. The highest BCUT2D eigenvalue weighted by Gasteiger charge is 2.18. The minimum absolute atomic E-state index is 0.0835. The van der Waals surface area contributed by atoms with Crippen LogP contribution in [-0.2, 0) is 0 Å². The van der Waals surface area contributed by atoms with Gasteiger partial charge in [0.05, 0.1) is 18.0 Å². The van der Waals surface area contributed by atoms with E-state index in [0.29, 0.717) is 16.9 Å². The molecule has 2 aromatic carbocycles. The van der Waals surface area contributed by atoms with Gasteiger partial charge >= 0.3 is 5.97 Å². The van der Waals surface area contributed by atoms with Gasteiger partial charge < -0.3 is 14.9 Å². The van der Waals surface area contributed by atoms with Crippen molar-refractivity contribution in [2.75, 3.05) is 38.1 Å². The van der Waals surface area contributed by atoms with Crippen molar-refractivity contribution in [2.45, 2.75) is 0 Å². The Bertz CT molecular complexity index is 1130. The van der Waals surface area contributed by atoms with E-state index in [0.717, 1.165) is 31.9 Å². The third-order valence-corrected chi connectivity index (χ3v) is 5.26. The number of likely N-dealkylation sites (N-methyl/N-ethyl adjacent to an activating group) is 1. The van der Waals surface area contributed by atoms with E-state index in [9.17, 15) is 14.3 Å². The van der Waals surface area contributed by atoms with Gasteiger partial charge in [0, 0.05) is 37.4 Å². The number of aromatic nitrogens is 2. The normalized spacial score (nSPS) is 14.5. The van der Waals surface area contributed by atoms with Crippen LogP contribution in [0.15, 0.2) is 48.5 Å². The van der Waals surface area contributed by atoms with Crippen LogP contribution in [-0.4, -0.2) is 59.0 Å². The molecule has 1 fully saturated rings. The fourth-order valence-electron chi connectivity index (χ4n) is 3.51. The summed E-state index contributed by atoms with van der Waals surface area (Å²) in [6.07, 6.45) is 0. The van der Waals surface area contributed by atoms with Crippen LogP contribution in [0.1, 0.15) is 10.5 Å². The first kappa shape index (κ1) is 19.6. The summed E-state index contributed by atoms with van der Waals surface area (Å²) in [6, 6.07) is 13.3. The van der Waals surface area contributed by atoms with Crippen LogP contribution in [0.5, 0.6) is 0 Å². The SMILES string of the molecule is [C-]#[N+]c1ccc(-c2cc(C(=O)O)nn2-c2ccc(N3CCN(C)CC3)cc2)cc1F. The number of aromatic carboxylic acids is 1. The molecule has 1 N–H and O–H groups in total. The standard InChI is InChI=1S/C22H20FN5O2/c1-24-19-8-3-15(13-18(19)23)21-14-20(22(29)30)25-28(21)17-6-4-16(5-7-17)27-11-9-26(2)10-12-27/h3-8,13-14H,9-12H2,2H3,(H,29,30). The number of carboxylic acids is 1. The number of nitrogens with zero attached hydrogens (tertiary/aromatic N) is 5. The van der Waals surface area contributed by atoms with Gasteiger partial charge in [0.1, 0.15) is 5.82 Å². The molecule has 0 unspecified atom stereocenters. The molecule has 0 radical (unpaired) electrons. The Balaban J connectivity index is 1.71. The van der Waals surface area contributed by atoms with E-state index in [1.807, 2.05) is 24.3 Å². The Labute approximate surface area is 173 Å². The molecule has 0 saturated carbocycles. The van der Waals surface area contributed by atoms with E-state index in [-0.39, 0.29) is 11.4 Å². The average Bonchev–Trinajstić information content (AvgIpc) is 3.20. The number of carboxylic acid groups (broad SMARTS) is 1. The zero-order chi connectivity index (χ0) is 21.3. The van der Waals surface area contributed by atoms with Crippen LogP contribution in [0.25, 0.3) is 21.8 Å². The van der Waals surface area contributed by atoms with Crippen LogP contribution in [0.4, 0.5) is 15.8 Å². The molecule has 1 aliphatic rings. The second-order valence-corrected chi connectivity index (χ2v) is 7.22. The van der Waals surface area contributed by atoms with Crippen LogP contribution in [0.2, 0.25) is 0 Å². The maximum absolute atomic E-state index is 14.2. The fraction of sp³-hybridized carbons (Fsp3) is 0.227. The summed E-state index contributed by atoms with van der Waals surface area (Å²) in [4.78, 5) is 19.2. The molecule has 0 bridgehead atoms. The quantitative estimate of drug-likeness (QED) is 0.671. The first-order valence-electron chi connectivity index (χ1n) is 9.51. The van der Waals surface area contributed by atoms with E-state index < -0.39 is 11.8 Å². The molecule has 2 heterocycles. The third-order valence-electron chi connectivity index (χ3n) is 5.26. The van der Waals surface area contributed by atoms with Crippen LogP contribution >= 0.6 is 0 Å². The Kier molecular flexibility index (Phi) is 5.21. The number of rotatable bonds is 4. The highest BCUT2D eigenvalue weighted by molar-refractivity contribution is 5.87. The van der Waals surface area contributed by atoms with Crippen molar-refractivity contribution < 1.29 is 14.3 Å². The lowest BCUT2D eigenvalue weighted by atomic mass is 10.1. The van der Waals surface area contributed by atoms with Gasteiger partial charge in [0.15, 0.2) is 5.69 Å². The highest BCUT2D eigenvalue weighted by Crippen LogP contribution is 2.29. The highest BCUT2D eigenvalue weighted by atomic mass is 19.1. The summed E-state index contributed by atoms with van der Waals surface area (Å²) in [5.74, 6) is -1.82. The molecule has 1 saturated heterocycles. The van der Waals surface area contributed by atoms with Crippen LogP contribution in [0, 0.1) is 12.4 Å². The smallest absolute Gasteiger partial charge is 0.356 e. The molecule has 0 spiro atoms. The van der Waals surface area contributed by atoms with Gasteiger partial charge in [-0.1, -0.05) is 12.1 Å². The summed E-state index contributed by atoms with van der Waals surface area (Å²) in [7, 11) is 2.10. The first-order valence-corrected chi connectivity index (χ1v) is 9.51. The molecule has 0 aliphatic carbocycles. The van der Waals surface area contributed by atoms with Gasteiger partial charge in [-0.05, 0) is 43.4 Å². The molecular formula is C22H20FN5O2. The first-order chi connectivity index (χ1) is 14.5.